The lowest BCUT2D eigenvalue weighted by Gasteiger charge is -1.98. The minimum absolute atomic E-state index is 0.330. The molecule has 13 heavy (non-hydrogen) atoms. The van der Waals surface area contributed by atoms with Crippen LogP contribution in [0.4, 0.5) is 0 Å². The highest BCUT2D eigenvalue weighted by molar-refractivity contribution is 5.74. The maximum atomic E-state index is 5.41. The van der Waals surface area contributed by atoms with Crippen molar-refractivity contribution in [3.63, 3.8) is 0 Å². The molecule has 0 fully saturated rings. The van der Waals surface area contributed by atoms with E-state index < -0.39 is 0 Å². The van der Waals surface area contributed by atoms with Gasteiger partial charge in [0, 0.05) is 0 Å². The Morgan fingerprint density at radius 1 is 1.23 bits per heavy atom. The number of rotatable bonds is 1. The summed E-state index contributed by atoms with van der Waals surface area (Å²) < 4.78 is 0. The van der Waals surface area contributed by atoms with E-state index in [2.05, 4.69) is 15.2 Å². The zero-order chi connectivity index (χ0) is 9.26. The molecule has 0 unspecified atom stereocenters. The number of aryl methyl sites for hydroxylation is 1. The number of hydrogen-bond acceptors (Lipinski definition) is 4. The normalized spacial score (nSPS) is 10.6. The van der Waals surface area contributed by atoms with Gasteiger partial charge in [0.05, 0.1) is 12.1 Å². The van der Waals surface area contributed by atoms with Crippen LogP contribution in [0.2, 0.25) is 0 Å². The van der Waals surface area contributed by atoms with E-state index in [4.69, 9.17) is 5.73 Å². The maximum Gasteiger partial charge on any atom is 0.165 e. The van der Waals surface area contributed by atoms with Crippen molar-refractivity contribution in [2.45, 2.75) is 13.5 Å². The fourth-order valence-corrected chi connectivity index (χ4v) is 1.17. The summed E-state index contributed by atoms with van der Waals surface area (Å²) in [6.45, 7) is 2.34. The van der Waals surface area contributed by atoms with E-state index in [-0.39, 0.29) is 0 Å². The molecular formula is C9H10N4. The van der Waals surface area contributed by atoms with Crippen LogP contribution in [-0.2, 0) is 6.54 Å². The first kappa shape index (κ1) is 8.07. The van der Waals surface area contributed by atoms with Gasteiger partial charge in [-0.1, -0.05) is 6.07 Å². The number of nitrogens with two attached hydrogens (primary N) is 1. The Hall–Kier alpha value is -1.55. The molecule has 66 valence electrons. The molecule has 0 amide bonds. The van der Waals surface area contributed by atoms with Crippen LogP contribution in [0, 0.1) is 6.92 Å². The average molecular weight is 174 g/mol. The fourth-order valence-electron chi connectivity index (χ4n) is 1.17. The summed E-state index contributed by atoms with van der Waals surface area (Å²) in [4.78, 5) is 4.24. The third-order valence-corrected chi connectivity index (χ3v) is 1.84. The van der Waals surface area contributed by atoms with Crippen LogP contribution < -0.4 is 5.73 Å². The summed E-state index contributed by atoms with van der Waals surface area (Å²) in [5.41, 5.74) is 8.23. The summed E-state index contributed by atoms with van der Waals surface area (Å²) >= 11 is 0. The number of benzene rings is 1. The predicted octanol–water partition coefficient (Wildman–Crippen LogP) is 0.792. The summed E-state index contributed by atoms with van der Waals surface area (Å²) in [6.07, 6.45) is 0. The van der Waals surface area contributed by atoms with Crippen LogP contribution >= 0.6 is 0 Å². The van der Waals surface area contributed by atoms with Gasteiger partial charge in [-0.05, 0) is 24.6 Å². The molecule has 0 saturated heterocycles. The molecule has 0 spiro atoms. The quantitative estimate of drug-likeness (QED) is 0.694. The van der Waals surface area contributed by atoms with Gasteiger partial charge in [-0.25, -0.2) is 4.98 Å². The van der Waals surface area contributed by atoms with E-state index in [0.717, 1.165) is 16.6 Å². The lowest BCUT2D eigenvalue weighted by molar-refractivity contribution is 0.859. The van der Waals surface area contributed by atoms with Crippen molar-refractivity contribution < 1.29 is 0 Å². The molecule has 2 N–H and O–H groups in total. The van der Waals surface area contributed by atoms with Crippen LogP contribution in [0.25, 0.3) is 11.0 Å². The Morgan fingerprint density at radius 2 is 2.08 bits per heavy atom. The second-order valence-corrected chi connectivity index (χ2v) is 2.92. The molecule has 4 nitrogen and oxygen atoms in total. The maximum absolute atomic E-state index is 5.41. The molecule has 0 aliphatic heterocycles. The van der Waals surface area contributed by atoms with Gasteiger partial charge in [0.15, 0.2) is 5.82 Å². The number of fused-ring (bicyclic) bond motifs is 1. The lowest BCUT2D eigenvalue weighted by Crippen LogP contribution is -2.04. The van der Waals surface area contributed by atoms with Crippen molar-refractivity contribution >= 4 is 11.0 Å². The van der Waals surface area contributed by atoms with Gasteiger partial charge in [-0.15, -0.1) is 10.2 Å². The highest BCUT2D eigenvalue weighted by Crippen LogP contribution is 2.09. The number of aromatic nitrogens is 3. The van der Waals surface area contributed by atoms with Crippen molar-refractivity contribution in [3.05, 3.63) is 29.6 Å². The number of nitrogens with zero attached hydrogens (tertiary/aromatic N) is 3. The van der Waals surface area contributed by atoms with Gasteiger partial charge < -0.3 is 5.73 Å². The highest BCUT2D eigenvalue weighted by atomic mass is 15.2. The Labute approximate surface area is 75.8 Å². The van der Waals surface area contributed by atoms with Gasteiger partial charge in [0.25, 0.3) is 0 Å². The van der Waals surface area contributed by atoms with Gasteiger partial charge >= 0.3 is 0 Å². The first-order valence-corrected chi connectivity index (χ1v) is 4.09. The molecule has 2 aromatic rings. The summed E-state index contributed by atoms with van der Waals surface area (Å²) in [7, 11) is 0. The van der Waals surface area contributed by atoms with E-state index in [1.807, 2.05) is 25.1 Å². The van der Waals surface area contributed by atoms with Gasteiger partial charge in [-0.2, -0.15) is 0 Å². The van der Waals surface area contributed by atoms with Crippen molar-refractivity contribution in [2.75, 3.05) is 0 Å². The van der Waals surface area contributed by atoms with Crippen LogP contribution in [0.1, 0.15) is 11.4 Å². The minimum atomic E-state index is 0.330. The van der Waals surface area contributed by atoms with Gasteiger partial charge in [-0.3, -0.25) is 0 Å². The van der Waals surface area contributed by atoms with Crippen molar-refractivity contribution in [3.8, 4) is 0 Å². The van der Waals surface area contributed by atoms with E-state index in [1.54, 1.807) is 0 Å². The van der Waals surface area contributed by atoms with Crippen molar-refractivity contribution in [1.29, 1.82) is 0 Å². The van der Waals surface area contributed by atoms with Gasteiger partial charge in [0.1, 0.15) is 5.52 Å². The average Bonchev–Trinajstić information content (AvgIpc) is 2.17. The van der Waals surface area contributed by atoms with Crippen LogP contribution in [-0.4, -0.2) is 15.2 Å². The third-order valence-electron chi connectivity index (χ3n) is 1.84. The molecule has 0 bridgehead atoms. The van der Waals surface area contributed by atoms with Crippen LogP contribution in [0.15, 0.2) is 18.2 Å². The Morgan fingerprint density at radius 3 is 2.85 bits per heavy atom. The molecule has 4 heteroatoms. The van der Waals surface area contributed by atoms with E-state index in [1.165, 1.54) is 0 Å². The zero-order valence-electron chi connectivity index (χ0n) is 7.36. The summed E-state index contributed by atoms with van der Waals surface area (Å²) in [6, 6.07) is 5.88. The molecule has 0 aliphatic rings. The smallest absolute Gasteiger partial charge is 0.165 e. The van der Waals surface area contributed by atoms with Crippen molar-refractivity contribution in [2.24, 2.45) is 5.73 Å². The Bertz CT molecular complexity index is 439. The standard InChI is InChI=1S/C9H10N4/c1-6-2-3-7-8(4-6)12-13-9(5-10)11-7/h2-4H,5,10H2,1H3. The van der Waals surface area contributed by atoms with Crippen LogP contribution in [0.5, 0.6) is 0 Å². The first-order chi connectivity index (χ1) is 6.29. The molecule has 1 aromatic carbocycles. The van der Waals surface area contributed by atoms with Crippen LogP contribution in [0.3, 0.4) is 0 Å². The van der Waals surface area contributed by atoms with E-state index in [9.17, 15) is 0 Å². The molecule has 0 radical (unpaired) electrons. The Balaban J connectivity index is 2.66. The lowest BCUT2D eigenvalue weighted by atomic mass is 10.2. The van der Waals surface area contributed by atoms with E-state index >= 15 is 0 Å². The first-order valence-electron chi connectivity index (χ1n) is 4.09. The monoisotopic (exact) mass is 174 g/mol. The topological polar surface area (TPSA) is 64.7 Å². The molecular weight excluding hydrogens is 164 g/mol. The SMILES string of the molecule is Cc1ccc2nc(CN)nnc2c1. The molecule has 1 aromatic heterocycles. The predicted molar refractivity (Wildman–Crippen MR) is 50.0 cm³/mol. The zero-order valence-corrected chi connectivity index (χ0v) is 7.36. The highest BCUT2D eigenvalue weighted by Gasteiger charge is 1.99. The molecule has 2 rings (SSSR count). The van der Waals surface area contributed by atoms with Crippen molar-refractivity contribution in [1.82, 2.24) is 15.2 Å². The summed E-state index contributed by atoms with van der Waals surface area (Å²) in [5, 5.41) is 7.90. The third kappa shape index (κ3) is 1.48. The molecule has 0 atom stereocenters. The van der Waals surface area contributed by atoms with E-state index in [0.29, 0.717) is 12.4 Å². The second-order valence-electron chi connectivity index (χ2n) is 2.92. The largest absolute Gasteiger partial charge is 0.324 e. The second kappa shape index (κ2) is 3.06. The minimum Gasteiger partial charge on any atom is -0.324 e. The molecule has 1 heterocycles. The molecule has 0 aliphatic carbocycles. The molecule has 0 saturated carbocycles. The Kier molecular flexibility index (Phi) is 1.90. The number of hydrogen-bond donors (Lipinski definition) is 1. The summed E-state index contributed by atoms with van der Waals surface area (Å²) in [5.74, 6) is 0.580. The van der Waals surface area contributed by atoms with Gasteiger partial charge in [0.2, 0.25) is 0 Å². The fraction of sp³-hybridized carbons (Fsp3) is 0.222.